The fourth-order valence-corrected chi connectivity index (χ4v) is 4.88. The van der Waals surface area contributed by atoms with E-state index in [0.29, 0.717) is 0 Å². The number of carbonyl (C=O) groups excluding carboxylic acids is 1. The number of carbonyl (C=O) groups is 1. The summed E-state index contributed by atoms with van der Waals surface area (Å²) in [7, 11) is 8.15. The average molecular weight is 401 g/mol. The van der Waals surface area contributed by atoms with E-state index in [1.54, 1.807) is 0 Å². The normalized spacial score (nSPS) is 17.4. The van der Waals surface area contributed by atoms with Crippen molar-refractivity contribution in [3.8, 4) is 0 Å². The van der Waals surface area contributed by atoms with Crippen molar-refractivity contribution in [2.45, 2.75) is 25.1 Å². The molecule has 2 aromatic rings. The van der Waals surface area contributed by atoms with Crippen molar-refractivity contribution < 1.29 is 4.79 Å². The minimum absolute atomic E-state index is 0.0563. The Morgan fingerprint density at radius 3 is 2.68 bits per heavy atom. The summed E-state index contributed by atoms with van der Waals surface area (Å²) < 4.78 is 2.11. The summed E-state index contributed by atoms with van der Waals surface area (Å²) in [6.07, 6.45) is 4.24. The van der Waals surface area contributed by atoms with Crippen LogP contribution in [0, 0.1) is 0 Å². The van der Waals surface area contributed by atoms with E-state index in [9.17, 15) is 4.79 Å². The Kier molecular flexibility index (Phi) is 6.73. The molecule has 0 spiro atoms. The van der Waals surface area contributed by atoms with Gasteiger partial charge in [-0.05, 0) is 45.3 Å². The van der Waals surface area contributed by atoms with Gasteiger partial charge in [0.1, 0.15) is 5.37 Å². The number of aromatic nitrogens is 1. The second-order valence-corrected chi connectivity index (χ2v) is 8.87. The SMILES string of the molecule is CCCSC1C(NCCCN(C)C)=C(c2cn(C)c3ccccc23)C(=O)N1C. The minimum Gasteiger partial charge on any atom is -0.385 e. The molecule has 152 valence electrons. The lowest BCUT2D eigenvalue weighted by Gasteiger charge is -2.23. The van der Waals surface area contributed by atoms with E-state index in [2.05, 4.69) is 54.1 Å². The number of hydrogen-bond donors (Lipinski definition) is 1. The fourth-order valence-electron chi connectivity index (χ4n) is 3.74. The zero-order valence-corrected chi connectivity index (χ0v) is 18.5. The molecule has 0 saturated heterocycles. The maximum absolute atomic E-state index is 13.3. The summed E-state index contributed by atoms with van der Waals surface area (Å²) >= 11 is 1.85. The van der Waals surface area contributed by atoms with Gasteiger partial charge >= 0.3 is 0 Å². The van der Waals surface area contributed by atoms with Crippen LogP contribution in [0.15, 0.2) is 36.2 Å². The molecule has 2 heterocycles. The third-order valence-electron chi connectivity index (χ3n) is 5.15. The Morgan fingerprint density at radius 2 is 1.96 bits per heavy atom. The lowest BCUT2D eigenvalue weighted by molar-refractivity contribution is -0.122. The number of nitrogens with one attached hydrogen (secondary N) is 1. The first kappa shape index (κ1) is 20.8. The molecule has 1 N–H and O–H groups in total. The summed E-state index contributed by atoms with van der Waals surface area (Å²) in [5.74, 6) is 1.15. The van der Waals surface area contributed by atoms with Gasteiger partial charge in [0, 0.05) is 43.3 Å². The van der Waals surface area contributed by atoms with Crippen LogP contribution in [0.4, 0.5) is 0 Å². The summed E-state index contributed by atoms with van der Waals surface area (Å²) in [5, 5.41) is 4.83. The molecule has 1 aliphatic heterocycles. The standard InChI is InChI=1S/C22H32N4OS/c1-6-14-28-22-20(23-12-9-13-24(2)3)19(21(27)26(22)5)17-15-25(4)18-11-8-7-10-16(17)18/h7-8,10-11,15,22-23H,6,9,12-14H2,1-5H3. The maximum Gasteiger partial charge on any atom is 0.257 e. The van der Waals surface area contributed by atoms with Gasteiger partial charge in [0.05, 0.1) is 11.3 Å². The molecule has 0 aliphatic carbocycles. The molecule has 28 heavy (non-hydrogen) atoms. The van der Waals surface area contributed by atoms with E-state index in [4.69, 9.17) is 0 Å². The molecular weight excluding hydrogens is 368 g/mol. The Hall–Kier alpha value is -1.92. The number of para-hydroxylation sites is 1. The molecule has 1 atom stereocenters. The Balaban J connectivity index is 2.02. The summed E-state index contributed by atoms with van der Waals surface area (Å²) in [6.45, 7) is 4.08. The van der Waals surface area contributed by atoms with E-state index in [1.807, 2.05) is 42.9 Å². The molecule has 0 radical (unpaired) electrons. The predicted octanol–water partition coefficient (Wildman–Crippen LogP) is 3.37. The molecule has 3 rings (SSSR count). The monoisotopic (exact) mass is 400 g/mol. The first-order valence-electron chi connectivity index (χ1n) is 10.0. The first-order valence-corrected chi connectivity index (χ1v) is 11.1. The number of thioether (sulfide) groups is 1. The Bertz CT molecular complexity index is 871. The molecule has 1 aliphatic rings. The van der Waals surface area contributed by atoms with Crippen molar-refractivity contribution in [2.75, 3.05) is 40.0 Å². The van der Waals surface area contributed by atoms with Crippen LogP contribution in [0.1, 0.15) is 25.3 Å². The number of aryl methyl sites for hydroxylation is 1. The molecular formula is C22H32N4OS. The maximum atomic E-state index is 13.3. The third-order valence-corrected chi connectivity index (χ3v) is 6.66. The van der Waals surface area contributed by atoms with Crippen molar-refractivity contribution in [1.29, 1.82) is 0 Å². The van der Waals surface area contributed by atoms with Crippen molar-refractivity contribution in [1.82, 2.24) is 19.7 Å². The predicted molar refractivity (Wildman–Crippen MR) is 120 cm³/mol. The Labute approximate surface area is 172 Å². The fraction of sp³-hybridized carbons (Fsp3) is 0.500. The van der Waals surface area contributed by atoms with Crippen molar-refractivity contribution in [2.24, 2.45) is 7.05 Å². The van der Waals surface area contributed by atoms with Crippen LogP contribution in [-0.4, -0.2) is 65.6 Å². The lowest BCUT2D eigenvalue weighted by atomic mass is 10.0. The van der Waals surface area contributed by atoms with Crippen LogP contribution in [0.5, 0.6) is 0 Å². The second-order valence-electron chi connectivity index (χ2n) is 7.68. The molecule has 6 heteroatoms. The van der Waals surface area contributed by atoms with E-state index >= 15 is 0 Å². The summed E-state index contributed by atoms with van der Waals surface area (Å²) in [4.78, 5) is 17.4. The van der Waals surface area contributed by atoms with Gasteiger partial charge in [0.25, 0.3) is 5.91 Å². The number of benzene rings is 1. The number of rotatable bonds is 9. The van der Waals surface area contributed by atoms with Crippen molar-refractivity contribution >= 4 is 34.1 Å². The van der Waals surface area contributed by atoms with Gasteiger partial charge < -0.3 is 19.7 Å². The summed E-state index contributed by atoms with van der Waals surface area (Å²) in [6, 6.07) is 8.31. The number of nitrogens with zero attached hydrogens (tertiary/aromatic N) is 3. The number of likely N-dealkylation sites (N-methyl/N-ethyl adjacent to an activating group) is 1. The largest absolute Gasteiger partial charge is 0.385 e. The van der Waals surface area contributed by atoms with Crippen LogP contribution < -0.4 is 5.32 Å². The minimum atomic E-state index is 0.0563. The third kappa shape index (κ3) is 4.08. The molecule has 0 saturated carbocycles. The smallest absolute Gasteiger partial charge is 0.257 e. The number of hydrogen-bond acceptors (Lipinski definition) is 4. The highest BCUT2D eigenvalue weighted by atomic mass is 32.2. The molecule has 5 nitrogen and oxygen atoms in total. The lowest BCUT2D eigenvalue weighted by Crippen LogP contribution is -2.33. The van der Waals surface area contributed by atoms with E-state index < -0.39 is 0 Å². The topological polar surface area (TPSA) is 40.5 Å². The highest BCUT2D eigenvalue weighted by Crippen LogP contribution is 2.39. The van der Waals surface area contributed by atoms with Crippen LogP contribution in [0.25, 0.3) is 16.5 Å². The molecule has 0 fully saturated rings. The van der Waals surface area contributed by atoms with Crippen LogP contribution >= 0.6 is 11.8 Å². The highest BCUT2D eigenvalue weighted by molar-refractivity contribution is 8.00. The van der Waals surface area contributed by atoms with Gasteiger partial charge in [0.15, 0.2) is 0 Å². The zero-order valence-electron chi connectivity index (χ0n) is 17.7. The zero-order chi connectivity index (χ0) is 20.3. The van der Waals surface area contributed by atoms with Gasteiger partial charge in [-0.15, -0.1) is 11.8 Å². The van der Waals surface area contributed by atoms with E-state index in [0.717, 1.165) is 59.4 Å². The number of fused-ring (bicyclic) bond motifs is 1. The first-order chi connectivity index (χ1) is 13.5. The second kappa shape index (κ2) is 9.05. The van der Waals surface area contributed by atoms with Gasteiger partial charge in [0.2, 0.25) is 0 Å². The molecule has 1 amide bonds. The average Bonchev–Trinajstić information content (AvgIpc) is 3.12. The quantitative estimate of drug-likeness (QED) is 0.655. The Morgan fingerprint density at radius 1 is 1.21 bits per heavy atom. The van der Waals surface area contributed by atoms with Gasteiger partial charge in [-0.1, -0.05) is 25.1 Å². The summed E-state index contributed by atoms with van der Waals surface area (Å²) in [5.41, 5.74) is 4.08. The van der Waals surface area contributed by atoms with Crippen LogP contribution in [0.3, 0.4) is 0 Å². The van der Waals surface area contributed by atoms with Crippen molar-refractivity contribution in [3.05, 3.63) is 41.7 Å². The van der Waals surface area contributed by atoms with E-state index in [1.165, 1.54) is 0 Å². The molecule has 1 unspecified atom stereocenters. The van der Waals surface area contributed by atoms with E-state index in [-0.39, 0.29) is 11.3 Å². The van der Waals surface area contributed by atoms with Crippen LogP contribution in [0.2, 0.25) is 0 Å². The van der Waals surface area contributed by atoms with Gasteiger partial charge in [-0.2, -0.15) is 0 Å². The number of amides is 1. The van der Waals surface area contributed by atoms with Gasteiger partial charge in [-0.25, -0.2) is 0 Å². The van der Waals surface area contributed by atoms with Crippen LogP contribution in [-0.2, 0) is 11.8 Å². The van der Waals surface area contributed by atoms with Crippen molar-refractivity contribution in [3.63, 3.8) is 0 Å². The molecule has 1 aromatic carbocycles. The highest BCUT2D eigenvalue weighted by Gasteiger charge is 2.38. The van der Waals surface area contributed by atoms with Gasteiger partial charge in [-0.3, -0.25) is 4.79 Å². The molecule has 1 aromatic heterocycles. The molecule has 0 bridgehead atoms.